The van der Waals surface area contributed by atoms with Gasteiger partial charge < -0.3 is 9.47 Å². The predicted molar refractivity (Wildman–Crippen MR) is 76.4 cm³/mol. The first kappa shape index (κ1) is 16.2. The van der Waals surface area contributed by atoms with Gasteiger partial charge in [0.2, 0.25) is 0 Å². The van der Waals surface area contributed by atoms with Gasteiger partial charge in [-0.05, 0) is 37.8 Å². The number of ether oxygens (including phenoxy) is 2. The number of hydrogen-bond acceptors (Lipinski definition) is 4. The minimum Gasteiger partial charge on any atom is -0.466 e. The maximum atomic E-state index is 11.4. The molecule has 0 saturated carbocycles. The summed E-state index contributed by atoms with van der Waals surface area (Å²) in [7, 11) is 0. The highest BCUT2D eigenvalue weighted by molar-refractivity contribution is 5.70. The van der Waals surface area contributed by atoms with Gasteiger partial charge in [0.05, 0.1) is 13.2 Å². The normalized spacial score (nSPS) is 10.1. The predicted octanol–water partition coefficient (Wildman–Crippen LogP) is 2.68. The van der Waals surface area contributed by atoms with Gasteiger partial charge in [0.25, 0.3) is 0 Å². The Labute approximate surface area is 120 Å². The molecule has 0 aliphatic rings. The van der Waals surface area contributed by atoms with Crippen LogP contribution in [0.5, 0.6) is 0 Å². The first-order valence-corrected chi connectivity index (χ1v) is 7.05. The molecule has 0 aliphatic carbocycles. The number of carbonyl (C=O) groups excluding carboxylic acids is 2. The van der Waals surface area contributed by atoms with E-state index in [1.165, 1.54) is 0 Å². The third-order valence-electron chi connectivity index (χ3n) is 2.93. The summed E-state index contributed by atoms with van der Waals surface area (Å²) >= 11 is 0. The third kappa shape index (κ3) is 5.87. The average Bonchev–Trinajstić information content (AvgIpc) is 2.44. The van der Waals surface area contributed by atoms with E-state index in [4.69, 9.17) is 9.47 Å². The van der Waals surface area contributed by atoms with Crippen molar-refractivity contribution >= 4 is 11.9 Å². The molecule has 1 rings (SSSR count). The van der Waals surface area contributed by atoms with Crippen LogP contribution < -0.4 is 0 Å². The molecule has 0 spiro atoms. The van der Waals surface area contributed by atoms with Gasteiger partial charge in [-0.1, -0.05) is 24.3 Å². The van der Waals surface area contributed by atoms with Crippen molar-refractivity contribution < 1.29 is 19.1 Å². The van der Waals surface area contributed by atoms with Crippen molar-refractivity contribution in [1.82, 2.24) is 0 Å². The summed E-state index contributed by atoms with van der Waals surface area (Å²) in [5.41, 5.74) is 2.18. The zero-order chi connectivity index (χ0) is 14.8. The maximum absolute atomic E-state index is 11.4. The van der Waals surface area contributed by atoms with Gasteiger partial charge in [-0.2, -0.15) is 0 Å². The second-order valence-electron chi connectivity index (χ2n) is 4.38. The van der Waals surface area contributed by atoms with Crippen molar-refractivity contribution in [3.63, 3.8) is 0 Å². The topological polar surface area (TPSA) is 52.6 Å². The average molecular weight is 278 g/mol. The van der Waals surface area contributed by atoms with Gasteiger partial charge in [0.1, 0.15) is 0 Å². The molecule has 0 aliphatic heterocycles. The van der Waals surface area contributed by atoms with E-state index in [2.05, 4.69) is 0 Å². The molecule has 0 N–H and O–H groups in total. The van der Waals surface area contributed by atoms with E-state index in [-0.39, 0.29) is 11.9 Å². The summed E-state index contributed by atoms with van der Waals surface area (Å²) in [5, 5.41) is 0. The van der Waals surface area contributed by atoms with Crippen LogP contribution >= 0.6 is 0 Å². The highest BCUT2D eigenvalue weighted by atomic mass is 16.5. The Balaban J connectivity index is 2.54. The van der Waals surface area contributed by atoms with Crippen molar-refractivity contribution in [2.75, 3.05) is 13.2 Å². The quantitative estimate of drug-likeness (QED) is 0.686. The van der Waals surface area contributed by atoms with Gasteiger partial charge in [-0.15, -0.1) is 0 Å². The van der Waals surface area contributed by atoms with Gasteiger partial charge in [-0.3, -0.25) is 9.59 Å². The second-order valence-corrected chi connectivity index (χ2v) is 4.38. The highest BCUT2D eigenvalue weighted by Gasteiger charge is 2.08. The number of carbonyl (C=O) groups is 2. The van der Waals surface area contributed by atoms with E-state index >= 15 is 0 Å². The molecule has 1 aromatic rings. The van der Waals surface area contributed by atoms with E-state index in [0.717, 1.165) is 11.1 Å². The number of rotatable bonds is 8. The molecule has 4 heteroatoms. The molecule has 0 amide bonds. The Kier molecular flexibility index (Phi) is 7.40. The highest BCUT2D eigenvalue weighted by Crippen LogP contribution is 2.14. The summed E-state index contributed by atoms with van der Waals surface area (Å²) in [6.45, 7) is 4.41. The first-order valence-electron chi connectivity index (χ1n) is 7.05. The lowest BCUT2D eigenvalue weighted by Gasteiger charge is -2.09. The van der Waals surface area contributed by atoms with E-state index in [1.807, 2.05) is 24.3 Å². The molecule has 0 saturated heterocycles. The van der Waals surface area contributed by atoms with Crippen molar-refractivity contribution in [1.29, 1.82) is 0 Å². The number of aryl methyl sites for hydroxylation is 2. The first-order chi connectivity index (χ1) is 9.67. The van der Waals surface area contributed by atoms with E-state index in [9.17, 15) is 9.59 Å². The van der Waals surface area contributed by atoms with Crippen LogP contribution in [0.15, 0.2) is 24.3 Å². The fraction of sp³-hybridized carbons (Fsp3) is 0.500. The van der Waals surface area contributed by atoms with Crippen LogP contribution in [-0.2, 0) is 31.9 Å². The summed E-state index contributed by atoms with van der Waals surface area (Å²) in [6, 6.07) is 7.85. The van der Waals surface area contributed by atoms with Crippen LogP contribution in [0.3, 0.4) is 0 Å². The zero-order valence-electron chi connectivity index (χ0n) is 12.2. The van der Waals surface area contributed by atoms with Crippen molar-refractivity contribution in [2.24, 2.45) is 0 Å². The summed E-state index contributed by atoms with van der Waals surface area (Å²) in [4.78, 5) is 22.8. The Morgan fingerprint density at radius 1 is 0.850 bits per heavy atom. The molecule has 0 fully saturated rings. The van der Waals surface area contributed by atoms with Crippen LogP contribution in [0.25, 0.3) is 0 Å². The van der Waals surface area contributed by atoms with Crippen molar-refractivity contribution in [3.8, 4) is 0 Å². The summed E-state index contributed by atoms with van der Waals surface area (Å²) in [5.74, 6) is -0.375. The van der Waals surface area contributed by atoms with Gasteiger partial charge in [-0.25, -0.2) is 0 Å². The van der Waals surface area contributed by atoms with E-state index in [0.29, 0.717) is 38.9 Å². The minimum absolute atomic E-state index is 0.187. The third-order valence-corrected chi connectivity index (χ3v) is 2.93. The molecular weight excluding hydrogens is 256 g/mol. The molecule has 20 heavy (non-hydrogen) atoms. The van der Waals surface area contributed by atoms with Crippen LogP contribution in [0, 0.1) is 0 Å². The number of esters is 2. The Morgan fingerprint density at radius 2 is 1.25 bits per heavy atom. The summed E-state index contributed by atoms with van der Waals surface area (Å²) in [6.07, 6.45) is 2.00. The van der Waals surface area contributed by atoms with Crippen molar-refractivity contribution in [3.05, 3.63) is 35.4 Å². The van der Waals surface area contributed by atoms with Gasteiger partial charge in [0.15, 0.2) is 0 Å². The summed E-state index contributed by atoms with van der Waals surface area (Å²) < 4.78 is 9.84. The Morgan fingerprint density at radius 3 is 1.60 bits per heavy atom. The molecule has 110 valence electrons. The lowest BCUT2D eigenvalue weighted by Crippen LogP contribution is -2.08. The second kappa shape index (κ2) is 9.13. The molecule has 0 aromatic heterocycles. The Bertz CT molecular complexity index is 399. The largest absolute Gasteiger partial charge is 0.466 e. The van der Waals surface area contributed by atoms with Crippen LogP contribution in [0.1, 0.15) is 37.8 Å². The molecule has 0 unspecified atom stereocenters. The smallest absolute Gasteiger partial charge is 0.306 e. The lowest BCUT2D eigenvalue weighted by molar-refractivity contribution is -0.144. The molecule has 0 bridgehead atoms. The molecule has 1 aromatic carbocycles. The lowest BCUT2D eigenvalue weighted by atomic mass is 9.99. The maximum Gasteiger partial charge on any atom is 0.306 e. The fourth-order valence-electron chi connectivity index (χ4n) is 1.99. The zero-order valence-corrected chi connectivity index (χ0v) is 12.2. The Hall–Kier alpha value is -1.84. The van der Waals surface area contributed by atoms with Gasteiger partial charge >= 0.3 is 11.9 Å². The molecule has 0 atom stereocenters. The van der Waals surface area contributed by atoms with E-state index < -0.39 is 0 Å². The van der Waals surface area contributed by atoms with Gasteiger partial charge in [0, 0.05) is 12.8 Å². The minimum atomic E-state index is -0.187. The standard InChI is InChI=1S/C16H22O4/c1-3-19-15(17)11-9-13-7-5-6-8-14(13)10-12-16(18)20-4-2/h5-8H,3-4,9-12H2,1-2H3. The molecular formula is C16H22O4. The molecule has 0 radical (unpaired) electrons. The number of benzene rings is 1. The molecule has 0 heterocycles. The van der Waals surface area contributed by atoms with Crippen LogP contribution in [0.4, 0.5) is 0 Å². The van der Waals surface area contributed by atoms with Crippen LogP contribution in [-0.4, -0.2) is 25.2 Å². The SMILES string of the molecule is CCOC(=O)CCc1ccccc1CCC(=O)OCC. The monoisotopic (exact) mass is 278 g/mol. The molecule has 4 nitrogen and oxygen atoms in total. The van der Waals surface area contributed by atoms with Crippen LogP contribution in [0.2, 0.25) is 0 Å². The fourth-order valence-corrected chi connectivity index (χ4v) is 1.99. The van der Waals surface area contributed by atoms with Crippen molar-refractivity contribution in [2.45, 2.75) is 39.5 Å². The number of hydrogen-bond donors (Lipinski definition) is 0. The van der Waals surface area contributed by atoms with E-state index in [1.54, 1.807) is 13.8 Å².